The fourth-order valence-electron chi connectivity index (χ4n) is 1.68. The number of ether oxygens (including phenoxy) is 1. The maximum atomic E-state index is 11.8. The van der Waals surface area contributed by atoms with Gasteiger partial charge in [0.05, 0.1) is 10.0 Å². The molecule has 0 atom stereocenters. The zero-order chi connectivity index (χ0) is 16.1. The van der Waals surface area contributed by atoms with E-state index in [2.05, 4.69) is 5.32 Å². The van der Waals surface area contributed by atoms with Gasteiger partial charge in [0, 0.05) is 5.69 Å². The summed E-state index contributed by atoms with van der Waals surface area (Å²) in [5.74, 6) is -1.45. The molecule has 2 aromatic rings. The summed E-state index contributed by atoms with van der Waals surface area (Å²) in [5, 5.41) is 12.3. The Morgan fingerprint density at radius 2 is 1.82 bits per heavy atom. The lowest BCUT2D eigenvalue weighted by molar-refractivity contribution is -0.118. The molecule has 0 aromatic heterocycles. The van der Waals surface area contributed by atoms with Gasteiger partial charge in [-0.3, -0.25) is 4.79 Å². The summed E-state index contributed by atoms with van der Waals surface area (Å²) in [6, 6.07) is 10.7. The molecule has 0 spiro atoms. The van der Waals surface area contributed by atoms with E-state index in [-0.39, 0.29) is 17.9 Å². The molecular formula is C15H11Cl2NO4. The summed E-state index contributed by atoms with van der Waals surface area (Å²) in [6.45, 7) is -0.329. The molecule has 2 aromatic carbocycles. The first-order chi connectivity index (χ1) is 10.5. The van der Waals surface area contributed by atoms with Crippen LogP contribution >= 0.6 is 23.2 Å². The SMILES string of the molecule is O=C(COc1ccccc1C(=O)O)Nc1ccc(Cl)c(Cl)c1. The van der Waals surface area contributed by atoms with Crippen LogP contribution in [0.25, 0.3) is 0 Å². The topological polar surface area (TPSA) is 75.6 Å². The Labute approximate surface area is 136 Å². The molecule has 2 N–H and O–H groups in total. The average molecular weight is 340 g/mol. The van der Waals surface area contributed by atoms with Gasteiger partial charge in [-0.1, -0.05) is 35.3 Å². The van der Waals surface area contributed by atoms with Gasteiger partial charge in [0.15, 0.2) is 6.61 Å². The number of nitrogens with one attached hydrogen (secondary N) is 1. The number of carbonyl (C=O) groups excluding carboxylic acids is 1. The number of carboxylic acid groups (broad SMARTS) is 1. The van der Waals surface area contributed by atoms with E-state index in [0.717, 1.165) is 0 Å². The van der Waals surface area contributed by atoms with E-state index >= 15 is 0 Å². The van der Waals surface area contributed by atoms with E-state index in [0.29, 0.717) is 15.7 Å². The number of carboxylic acids is 1. The van der Waals surface area contributed by atoms with Crippen LogP contribution < -0.4 is 10.1 Å². The van der Waals surface area contributed by atoms with E-state index in [1.54, 1.807) is 24.3 Å². The summed E-state index contributed by atoms with van der Waals surface area (Å²) in [7, 11) is 0. The Balaban J connectivity index is 1.98. The van der Waals surface area contributed by atoms with Crippen LogP contribution in [-0.2, 0) is 4.79 Å². The Hall–Kier alpha value is -2.24. The minimum Gasteiger partial charge on any atom is -0.483 e. The number of benzene rings is 2. The van der Waals surface area contributed by atoms with Crippen molar-refractivity contribution in [3.8, 4) is 5.75 Å². The van der Waals surface area contributed by atoms with Crippen molar-refractivity contribution in [2.75, 3.05) is 11.9 Å². The number of carbonyl (C=O) groups is 2. The quantitative estimate of drug-likeness (QED) is 0.870. The molecule has 0 aliphatic carbocycles. The highest BCUT2D eigenvalue weighted by atomic mass is 35.5. The van der Waals surface area contributed by atoms with Crippen molar-refractivity contribution < 1.29 is 19.4 Å². The second-order valence-electron chi connectivity index (χ2n) is 4.27. The smallest absolute Gasteiger partial charge is 0.339 e. The third-order valence-electron chi connectivity index (χ3n) is 2.68. The summed E-state index contributed by atoms with van der Waals surface area (Å²) in [4.78, 5) is 22.8. The molecule has 0 heterocycles. The number of para-hydroxylation sites is 1. The third kappa shape index (κ3) is 4.13. The molecule has 22 heavy (non-hydrogen) atoms. The monoisotopic (exact) mass is 339 g/mol. The summed E-state index contributed by atoms with van der Waals surface area (Å²) < 4.78 is 5.23. The maximum absolute atomic E-state index is 11.8. The number of amides is 1. The van der Waals surface area contributed by atoms with Crippen LogP contribution in [0.5, 0.6) is 5.75 Å². The number of hydrogen-bond acceptors (Lipinski definition) is 3. The molecule has 2 rings (SSSR count). The second kappa shape index (κ2) is 7.15. The van der Waals surface area contributed by atoms with Crippen LogP contribution in [0.4, 0.5) is 5.69 Å². The molecule has 0 saturated heterocycles. The van der Waals surface area contributed by atoms with Gasteiger partial charge in [0.2, 0.25) is 0 Å². The summed E-state index contributed by atoms with van der Waals surface area (Å²) in [6.07, 6.45) is 0. The molecule has 0 bridgehead atoms. The number of hydrogen-bond donors (Lipinski definition) is 2. The minimum absolute atomic E-state index is 0.00941. The first-order valence-electron chi connectivity index (χ1n) is 6.17. The number of halogens is 2. The zero-order valence-corrected chi connectivity index (χ0v) is 12.7. The predicted octanol–water partition coefficient (Wildman–Crippen LogP) is 3.71. The number of rotatable bonds is 5. The fraction of sp³-hybridized carbons (Fsp3) is 0.0667. The standard InChI is InChI=1S/C15H11Cl2NO4/c16-11-6-5-9(7-12(11)17)18-14(19)8-22-13-4-2-1-3-10(13)15(20)21/h1-7H,8H2,(H,18,19)(H,20,21). The van der Waals surface area contributed by atoms with Gasteiger partial charge in [-0.15, -0.1) is 0 Å². The highest BCUT2D eigenvalue weighted by molar-refractivity contribution is 6.42. The van der Waals surface area contributed by atoms with Crippen LogP contribution in [0.1, 0.15) is 10.4 Å². The minimum atomic E-state index is -1.12. The lowest BCUT2D eigenvalue weighted by Crippen LogP contribution is -2.20. The van der Waals surface area contributed by atoms with Gasteiger partial charge < -0.3 is 15.2 Å². The largest absolute Gasteiger partial charge is 0.483 e. The van der Waals surface area contributed by atoms with Crippen molar-refractivity contribution in [3.05, 3.63) is 58.1 Å². The fourth-order valence-corrected chi connectivity index (χ4v) is 1.98. The van der Waals surface area contributed by atoms with Gasteiger partial charge >= 0.3 is 5.97 Å². The van der Waals surface area contributed by atoms with Crippen LogP contribution in [0, 0.1) is 0 Å². The van der Waals surface area contributed by atoms with Crippen LogP contribution in [0.15, 0.2) is 42.5 Å². The highest BCUT2D eigenvalue weighted by Crippen LogP contribution is 2.25. The summed E-state index contributed by atoms with van der Waals surface area (Å²) >= 11 is 11.6. The van der Waals surface area contributed by atoms with Crippen molar-refractivity contribution in [1.29, 1.82) is 0 Å². The molecule has 0 aliphatic heterocycles. The highest BCUT2D eigenvalue weighted by Gasteiger charge is 2.12. The molecule has 0 aliphatic rings. The average Bonchev–Trinajstić information content (AvgIpc) is 2.49. The van der Waals surface area contributed by atoms with Crippen LogP contribution in [0.3, 0.4) is 0 Å². The van der Waals surface area contributed by atoms with Gasteiger partial charge in [0.25, 0.3) is 5.91 Å². The van der Waals surface area contributed by atoms with Crippen molar-refractivity contribution in [1.82, 2.24) is 0 Å². The molecule has 1 amide bonds. The van der Waals surface area contributed by atoms with Gasteiger partial charge in [0.1, 0.15) is 11.3 Å². The number of aromatic carboxylic acids is 1. The van der Waals surface area contributed by atoms with E-state index < -0.39 is 11.9 Å². The molecule has 114 valence electrons. The van der Waals surface area contributed by atoms with E-state index in [4.69, 9.17) is 33.0 Å². The molecule has 7 heteroatoms. The molecule has 0 fully saturated rings. The van der Waals surface area contributed by atoms with Gasteiger partial charge in [-0.2, -0.15) is 0 Å². The Morgan fingerprint density at radius 1 is 1.09 bits per heavy atom. The molecular weight excluding hydrogens is 329 g/mol. The molecule has 0 radical (unpaired) electrons. The first-order valence-corrected chi connectivity index (χ1v) is 6.93. The maximum Gasteiger partial charge on any atom is 0.339 e. The predicted molar refractivity (Wildman–Crippen MR) is 84.0 cm³/mol. The first kappa shape index (κ1) is 16.1. The van der Waals surface area contributed by atoms with Crippen molar-refractivity contribution in [3.63, 3.8) is 0 Å². The third-order valence-corrected chi connectivity index (χ3v) is 3.42. The van der Waals surface area contributed by atoms with Crippen molar-refractivity contribution >= 4 is 40.8 Å². The van der Waals surface area contributed by atoms with Crippen LogP contribution in [-0.4, -0.2) is 23.6 Å². The Kier molecular flexibility index (Phi) is 5.25. The normalized spacial score (nSPS) is 10.1. The van der Waals surface area contributed by atoms with Gasteiger partial charge in [-0.05, 0) is 30.3 Å². The van der Waals surface area contributed by atoms with Crippen LogP contribution in [0.2, 0.25) is 10.0 Å². The lowest BCUT2D eigenvalue weighted by Gasteiger charge is -2.10. The lowest BCUT2D eigenvalue weighted by atomic mass is 10.2. The van der Waals surface area contributed by atoms with Crippen molar-refractivity contribution in [2.45, 2.75) is 0 Å². The zero-order valence-electron chi connectivity index (χ0n) is 11.2. The van der Waals surface area contributed by atoms with Gasteiger partial charge in [-0.25, -0.2) is 4.79 Å². The van der Waals surface area contributed by atoms with E-state index in [9.17, 15) is 9.59 Å². The molecule has 0 saturated carbocycles. The Bertz CT molecular complexity index is 718. The van der Waals surface area contributed by atoms with E-state index in [1.807, 2.05) is 0 Å². The molecule has 5 nitrogen and oxygen atoms in total. The summed E-state index contributed by atoms with van der Waals surface area (Å²) in [5.41, 5.74) is 0.458. The molecule has 0 unspecified atom stereocenters. The second-order valence-corrected chi connectivity index (χ2v) is 5.08. The van der Waals surface area contributed by atoms with Crippen molar-refractivity contribution in [2.24, 2.45) is 0 Å². The van der Waals surface area contributed by atoms with E-state index in [1.165, 1.54) is 18.2 Å². The Morgan fingerprint density at radius 3 is 2.50 bits per heavy atom. The number of anilines is 1.